The van der Waals surface area contributed by atoms with Crippen molar-refractivity contribution in [2.24, 2.45) is 0 Å². The minimum Gasteiger partial charge on any atom is -0.294 e. The van der Waals surface area contributed by atoms with E-state index in [4.69, 9.17) is 0 Å². The number of aromatic nitrogens is 1. The molecule has 1 aromatic heterocycles. The molecule has 1 heterocycles. The average Bonchev–Trinajstić information content (AvgIpc) is 2.32. The monoisotopic (exact) mass is 289 g/mol. The molecule has 0 saturated carbocycles. The Kier molecular flexibility index (Phi) is 3.69. The minimum absolute atomic E-state index is 0.0995. The second kappa shape index (κ2) is 5.23. The van der Waals surface area contributed by atoms with Gasteiger partial charge in [-0.3, -0.25) is 9.78 Å². The molecule has 3 heteroatoms. The van der Waals surface area contributed by atoms with Gasteiger partial charge in [0.25, 0.3) is 0 Å². The summed E-state index contributed by atoms with van der Waals surface area (Å²) in [5.41, 5.74) is 2.48. The molecule has 17 heavy (non-hydrogen) atoms. The fraction of sp³-hybridized carbons (Fsp3) is 0.143. The SMILES string of the molecule is Cc1ncccc1C(=O)Cc1ccccc1Br. The molecule has 0 atom stereocenters. The first kappa shape index (κ1) is 12.0. The molecule has 0 fully saturated rings. The van der Waals surface area contributed by atoms with E-state index in [1.165, 1.54) is 0 Å². The van der Waals surface area contributed by atoms with Crippen molar-refractivity contribution in [1.82, 2.24) is 4.98 Å². The third-order valence-electron chi connectivity index (χ3n) is 2.62. The summed E-state index contributed by atoms with van der Waals surface area (Å²) in [7, 11) is 0. The van der Waals surface area contributed by atoms with E-state index in [-0.39, 0.29) is 5.78 Å². The molecule has 0 radical (unpaired) electrons. The van der Waals surface area contributed by atoms with Gasteiger partial charge < -0.3 is 0 Å². The number of rotatable bonds is 3. The molecule has 0 unspecified atom stereocenters. The first-order valence-electron chi connectivity index (χ1n) is 5.36. The van der Waals surface area contributed by atoms with Crippen molar-refractivity contribution >= 4 is 21.7 Å². The Balaban J connectivity index is 2.24. The molecule has 86 valence electrons. The lowest BCUT2D eigenvalue weighted by atomic mass is 10.0. The second-order valence-electron chi connectivity index (χ2n) is 3.83. The van der Waals surface area contributed by atoms with Crippen molar-refractivity contribution in [1.29, 1.82) is 0 Å². The molecule has 1 aromatic carbocycles. The fourth-order valence-corrected chi connectivity index (χ4v) is 2.11. The van der Waals surface area contributed by atoms with E-state index in [0.717, 1.165) is 15.7 Å². The highest BCUT2D eigenvalue weighted by atomic mass is 79.9. The predicted molar refractivity (Wildman–Crippen MR) is 71.2 cm³/mol. The van der Waals surface area contributed by atoms with Crippen LogP contribution in [0.25, 0.3) is 0 Å². The van der Waals surface area contributed by atoms with Crippen molar-refractivity contribution in [2.75, 3.05) is 0 Å². The number of hydrogen-bond donors (Lipinski definition) is 0. The van der Waals surface area contributed by atoms with Gasteiger partial charge in [-0.2, -0.15) is 0 Å². The molecule has 0 aliphatic rings. The van der Waals surface area contributed by atoms with Crippen LogP contribution >= 0.6 is 15.9 Å². The van der Waals surface area contributed by atoms with Gasteiger partial charge in [0.15, 0.2) is 5.78 Å². The molecule has 0 saturated heterocycles. The van der Waals surface area contributed by atoms with Crippen LogP contribution in [0, 0.1) is 6.92 Å². The van der Waals surface area contributed by atoms with Crippen LogP contribution in [0.3, 0.4) is 0 Å². The second-order valence-corrected chi connectivity index (χ2v) is 4.68. The van der Waals surface area contributed by atoms with Crippen LogP contribution in [0.1, 0.15) is 21.6 Å². The van der Waals surface area contributed by atoms with Gasteiger partial charge in [0.2, 0.25) is 0 Å². The van der Waals surface area contributed by atoms with Gasteiger partial charge in [0.05, 0.1) is 0 Å². The zero-order valence-electron chi connectivity index (χ0n) is 9.48. The summed E-state index contributed by atoms with van der Waals surface area (Å²) in [6.45, 7) is 1.85. The largest absolute Gasteiger partial charge is 0.294 e. The number of nitrogens with zero attached hydrogens (tertiary/aromatic N) is 1. The zero-order chi connectivity index (χ0) is 12.3. The van der Waals surface area contributed by atoms with Gasteiger partial charge in [-0.25, -0.2) is 0 Å². The summed E-state index contributed by atoms with van der Waals surface area (Å²) >= 11 is 3.45. The van der Waals surface area contributed by atoms with E-state index in [9.17, 15) is 4.79 Å². The van der Waals surface area contributed by atoms with E-state index < -0.39 is 0 Å². The van der Waals surface area contributed by atoms with E-state index in [2.05, 4.69) is 20.9 Å². The smallest absolute Gasteiger partial charge is 0.169 e. The Bertz CT molecular complexity index is 551. The van der Waals surface area contributed by atoms with Crippen molar-refractivity contribution in [3.63, 3.8) is 0 Å². The summed E-state index contributed by atoms with van der Waals surface area (Å²) in [6, 6.07) is 11.4. The molecule has 2 nitrogen and oxygen atoms in total. The van der Waals surface area contributed by atoms with Crippen molar-refractivity contribution in [2.45, 2.75) is 13.3 Å². The number of halogens is 1. The number of benzene rings is 1. The number of carbonyl (C=O) groups is 1. The van der Waals surface area contributed by atoms with Crippen LogP contribution in [-0.2, 0) is 6.42 Å². The van der Waals surface area contributed by atoms with Crippen LogP contribution in [0.5, 0.6) is 0 Å². The Labute approximate surface area is 109 Å². The van der Waals surface area contributed by atoms with Crippen molar-refractivity contribution < 1.29 is 4.79 Å². The summed E-state index contributed by atoms with van der Waals surface area (Å²) in [5.74, 6) is 0.0995. The van der Waals surface area contributed by atoms with Crippen molar-refractivity contribution in [3.05, 3.63) is 63.9 Å². The molecule has 0 spiro atoms. The summed E-state index contributed by atoms with van der Waals surface area (Å²) in [4.78, 5) is 16.3. The van der Waals surface area contributed by atoms with Gasteiger partial charge in [0.1, 0.15) is 0 Å². The normalized spacial score (nSPS) is 10.2. The zero-order valence-corrected chi connectivity index (χ0v) is 11.1. The standard InChI is InChI=1S/C14H12BrNO/c1-10-12(6-4-8-16-10)14(17)9-11-5-2-3-7-13(11)15/h2-8H,9H2,1H3. The lowest BCUT2D eigenvalue weighted by molar-refractivity contribution is 0.0992. The molecular formula is C14H12BrNO. The number of pyridine rings is 1. The van der Waals surface area contributed by atoms with Crippen LogP contribution in [0.4, 0.5) is 0 Å². The van der Waals surface area contributed by atoms with Gasteiger partial charge in [0, 0.05) is 28.3 Å². The maximum absolute atomic E-state index is 12.1. The van der Waals surface area contributed by atoms with E-state index >= 15 is 0 Å². The van der Waals surface area contributed by atoms with Gasteiger partial charge in [-0.1, -0.05) is 34.1 Å². The molecule has 0 aliphatic heterocycles. The van der Waals surface area contributed by atoms with E-state index in [1.54, 1.807) is 12.3 Å². The highest BCUT2D eigenvalue weighted by Crippen LogP contribution is 2.18. The number of Topliss-reactive ketones (excluding diaryl/α,β-unsaturated/α-hetero) is 1. The highest BCUT2D eigenvalue weighted by Gasteiger charge is 2.11. The Morgan fingerprint density at radius 3 is 2.71 bits per heavy atom. The maximum Gasteiger partial charge on any atom is 0.169 e. The summed E-state index contributed by atoms with van der Waals surface area (Å²) in [6.07, 6.45) is 2.10. The number of ketones is 1. The Hall–Kier alpha value is -1.48. The minimum atomic E-state index is 0.0995. The van der Waals surface area contributed by atoms with E-state index in [1.807, 2.05) is 37.3 Å². The van der Waals surface area contributed by atoms with Crippen LogP contribution in [-0.4, -0.2) is 10.8 Å². The van der Waals surface area contributed by atoms with E-state index in [0.29, 0.717) is 12.0 Å². The number of hydrogen-bond acceptors (Lipinski definition) is 2. The summed E-state index contributed by atoms with van der Waals surface area (Å²) < 4.78 is 0.967. The molecule has 2 aromatic rings. The van der Waals surface area contributed by atoms with Crippen molar-refractivity contribution in [3.8, 4) is 0 Å². The van der Waals surface area contributed by atoms with Crippen LogP contribution < -0.4 is 0 Å². The lowest BCUT2D eigenvalue weighted by Crippen LogP contribution is -2.06. The Morgan fingerprint density at radius 2 is 2.00 bits per heavy atom. The third-order valence-corrected chi connectivity index (χ3v) is 3.39. The maximum atomic E-state index is 12.1. The Morgan fingerprint density at radius 1 is 1.24 bits per heavy atom. The average molecular weight is 290 g/mol. The molecule has 0 amide bonds. The summed E-state index contributed by atoms with van der Waals surface area (Å²) in [5, 5.41) is 0. The lowest BCUT2D eigenvalue weighted by Gasteiger charge is -2.05. The predicted octanol–water partition coefficient (Wildman–Crippen LogP) is 3.58. The van der Waals surface area contributed by atoms with Crippen LogP contribution in [0.2, 0.25) is 0 Å². The molecule has 0 bridgehead atoms. The topological polar surface area (TPSA) is 30.0 Å². The fourth-order valence-electron chi connectivity index (χ4n) is 1.69. The molecule has 2 rings (SSSR count). The quantitative estimate of drug-likeness (QED) is 0.809. The number of aryl methyl sites for hydroxylation is 1. The van der Waals surface area contributed by atoms with Gasteiger partial charge in [-0.05, 0) is 30.7 Å². The highest BCUT2D eigenvalue weighted by molar-refractivity contribution is 9.10. The van der Waals surface area contributed by atoms with Gasteiger partial charge in [-0.15, -0.1) is 0 Å². The first-order chi connectivity index (χ1) is 8.18. The number of carbonyl (C=O) groups excluding carboxylic acids is 1. The van der Waals surface area contributed by atoms with Gasteiger partial charge >= 0.3 is 0 Å². The molecule has 0 aliphatic carbocycles. The first-order valence-corrected chi connectivity index (χ1v) is 6.16. The molecular weight excluding hydrogens is 278 g/mol. The van der Waals surface area contributed by atoms with Crippen LogP contribution in [0.15, 0.2) is 47.1 Å². The molecule has 0 N–H and O–H groups in total. The third kappa shape index (κ3) is 2.80.